The Morgan fingerprint density at radius 2 is 1.59 bits per heavy atom. The van der Waals surface area contributed by atoms with E-state index < -0.39 is 6.04 Å². The van der Waals surface area contributed by atoms with Crippen molar-refractivity contribution < 1.29 is 19.5 Å². The van der Waals surface area contributed by atoms with Crippen LogP contribution in [0.1, 0.15) is 50.1 Å². The molecule has 6 heteroatoms. The first-order chi connectivity index (χ1) is 13.2. The van der Waals surface area contributed by atoms with Crippen LogP contribution >= 0.6 is 0 Å². The zero-order valence-electron chi connectivity index (χ0n) is 15.1. The highest BCUT2D eigenvalue weighted by atomic mass is 16.5. The fourth-order valence-corrected chi connectivity index (χ4v) is 3.23. The lowest BCUT2D eigenvalue weighted by molar-refractivity contribution is -0.129. The molecule has 0 radical (unpaired) electrons. The maximum Gasteiger partial charge on any atom is 0.243 e. The number of carbonyl (C=O) groups excluding carboxylic acids is 2. The van der Waals surface area contributed by atoms with Gasteiger partial charge in [0, 0.05) is 18.4 Å². The monoisotopic (exact) mass is 368 g/mol. The number of carbonyl (C=O) groups is 2. The lowest BCUT2D eigenvalue weighted by atomic mass is 9.97. The molecule has 2 aromatic carbocycles. The topological polar surface area (TPSA) is 87.7 Å². The number of benzene rings is 2. The molecule has 3 N–H and O–H groups in total. The van der Waals surface area contributed by atoms with Crippen LogP contribution in [0.3, 0.4) is 0 Å². The molecule has 0 saturated heterocycles. The summed E-state index contributed by atoms with van der Waals surface area (Å²) in [6.45, 7) is 0. The van der Waals surface area contributed by atoms with Gasteiger partial charge in [0.05, 0.1) is 5.69 Å². The number of anilines is 1. The van der Waals surface area contributed by atoms with Crippen molar-refractivity contribution in [2.45, 2.75) is 44.6 Å². The second kappa shape index (κ2) is 9.19. The SMILES string of the molecule is O=C(CCCCCCC(=O)C1Nc2ccccc2Oc2ccccc21)NO. The highest BCUT2D eigenvalue weighted by Crippen LogP contribution is 2.40. The van der Waals surface area contributed by atoms with Gasteiger partial charge in [0.1, 0.15) is 11.8 Å². The molecule has 3 rings (SSSR count). The number of para-hydroxylation sites is 3. The Hall–Kier alpha value is -2.86. The summed E-state index contributed by atoms with van der Waals surface area (Å²) < 4.78 is 6.00. The molecular weight excluding hydrogens is 344 g/mol. The van der Waals surface area contributed by atoms with E-state index in [1.807, 2.05) is 48.5 Å². The summed E-state index contributed by atoms with van der Waals surface area (Å²) in [7, 11) is 0. The van der Waals surface area contributed by atoms with Crippen LogP contribution in [0.4, 0.5) is 5.69 Å². The second-order valence-corrected chi connectivity index (χ2v) is 6.63. The fourth-order valence-electron chi connectivity index (χ4n) is 3.23. The van der Waals surface area contributed by atoms with Crippen molar-refractivity contribution in [1.82, 2.24) is 5.48 Å². The molecule has 0 aromatic heterocycles. The van der Waals surface area contributed by atoms with Crippen LogP contribution in [0, 0.1) is 0 Å². The smallest absolute Gasteiger partial charge is 0.243 e. The minimum Gasteiger partial charge on any atom is -0.455 e. The first-order valence-corrected chi connectivity index (χ1v) is 9.27. The van der Waals surface area contributed by atoms with Crippen molar-refractivity contribution in [3.05, 3.63) is 54.1 Å². The number of ketones is 1. The molecule has 1 heterocycles. The molecule has 0 fully saturated rings. The molecule has 6 nitrogen and oxygen atoms in total. The molecule has 2 aromatic rings. The molecule has 0 bridgehead atoms. The summed E-state index contributed by atoms with van der Waals surface area (Å²) in [5, 5.41) is 11.8. The maximum absolute atomic E-state index is 12.9. The Labute approximate surface area is 158 Å². The summed E-state index contributed by atoms with van der Waals surface area (Å²) in [5.74, 6) is 1.16. The van der Waals surface area contributed by atoms with E-state index in [9.17, 15) is 9.59 Å². The average molecular weight is 368 g/mol. The van der Waals surface area contributed by atoms with Crippen molar-refractivity contribution in [3.8, 4) is 11.5 Å². The molecule has 27 heavy (non-hydrogen) atoms. The summed E-state index contributed by atoms with van der Waals surface area (Å²) >= 11 is 0. The minimum absolute atomic E-state index is 0.121. The first-order valence-electron chi connectivity index (χ1n) is 9.27. The van der Waals surface area contributed by atoms with E-state index in [1.165, 1.54) is 0 Å². The lowest BCUT2D eigenvalue weighted by Gasteiger charge is -2.17. The third-order valence-corrected chi connectivity index (χ3v) is 4.66. The number of amides is 1. The van der Waals surface area contributed by atoms with Gasteiger partial charge in [0.15, 0.2) is 11.5 Å². The average Bonchev–Trinajstić information content (AvgIpc) is 2.86. The molecule has 0 spiro atoms. The van der Waals surface area contributed by atoms with Gasteiger partial charge in [0.25, 0.3) is 0 Å². The zero-order chi connectivity index (χ0) is 19.1. The van der Waals surface area contributed by atoms with E-state index in [1.54, 1.807) is 5.48 Å². The number of Topliss-reactive ketones (excluding diaryl/α,β-unsaturated/α-hetero) is 1. The van der Waals surface area contributed by atoms with Gasteiger partial charge in [-0.15, -0.1) is 0 Å². The Bertz CT molecular complexity index is 806. The quantitative estimate of drug-likeness (QED) is 0.366. The highest BCUT2D eigenvalue weighted by Gasteiger charge is 2.27. The molecule has 1 aliphatic rings. The third-order valence-electron chi connectivity index (χ3n) is 4.66. The normalized spacial score (nSPS) is 14.8. The molecule has 1 atom stereocenters. The summed E-state index contributed by atoms with van der Waals surface area (Å²) in [6, 6.07) is 14.8. The first kappa shape index (κ1) is 18.9. The summed E-state index contributed by atoms with van der Waals surface area (Å²) in [5.41, 5.74) is 3.28. The maximum atomic E-state index is 12.9. The van der Waals surface area contributed by atoms with E-state index in [0.717, 1.165) is 30.5 Å². The standard InChI is InChI=1S/C21H24N2O4/c24-17(11-3-1-2-4-14-20(25)23-26)21-15-9-5-7-12-18(15)27-19-13-8-6-10-16(19)22-21/h5-10,12-13,21-22,26H,1-4,11,14H2,(H,23,25). The Morgan fingerprint density at radius 1 is 0.926 bits per heavy atom. The van der Waals surface area contributed by atoms with Gasteiger partial charge in [0.2, 0.25) is 5.91 Å². The van der Waals surface area contributed by atoms with Crippen LogP contribution in [0.5, 0.6) is 11.5 Å². The second-order valence-electron chi connectivity index (χ2n) is 6.63. The van der Waals surface area contributed by atoms with Crippen molar-refractivity contribution in [3.63, 3.8) is 0 Å². The van der Waals surface area contributed by atoms with Crippen LogP contribution in [0.2, 0.25) is 0 Å². The van der Waals surface area contributed by atoms with Crippen molar-refractivity contribution in [1.29, 1.82) is 0 Å². The number of rotatable bonds is 8. The van der Waals surface area contributed by atoms with Gasteiger partial charge in [-0.05, 0) is 31.0 Å². The third kappa shape index (κ3) is 4.86. The molecule has 1 unspecified atom stereocenters. The predicted octanol–water partition coefficient (Wildman–Crippen LogP) is 4.36. The van der Waals surface area contributed by atoms with Crippen LogP contribution in [-0.2, 0) is 9.59 Å². The fraction of sp³-hybridized carbons (Fsp3) is 0.333. The van der Waals surface area contributed by atoms with Crippen LogP contribution in [-0.4, -0.2) is 16.9 Å². The molecule has 1 amide bonds. The van der Waals surface area contributed by atoms with E-state index in [2.05, 4.69) is 5.32 Å². The number of fused-ring (bicyclic) bond motifs is 2. The van der Waals surface area contributed by atoms with Crippen molar-refractivity contribution in [2.24, 2.45) is 0 Å². The number of hydrogen-bond donors (Lipinski definition) is 3. The van der Waals surface area contributed by atoms with Crippen molar-refractivity contribution >= 4 is 17.4 Å². The van der Waals surface area contributed by atoms with E-state index in [0.29, 0.717) is 30.8 Å². The van der Waals surface area contributed by atoms with Crippen LogP contribution in [0.25, 0.3) is 0 Å². The Kier molecular flexibility index (Phi) is 6.44. The predicted molar refractivity (Wildman–Crippen MR) is 102 cm³/mol. The van der Waals surface area contributed by atoms with Crippen LogP contribution < -0.4 is 15.5 Å². The van der Waals surface area contributed by atoms with Gasteiger partial charge in [-0.2, -0.15) is 0 Å². The Balaban J connectivity index is 1.61. The van der Waals surface area contributed by atoms with E-state index >= 15 is 0 Å². The van der Waals surface area contributed by atoms with Gasteiger partial charge in [-0.1, -0.05) is 43.2 Å². The van der Waals surface area contributed by atoms with Crippen LogP contribution in [0.15, 0.2) is 48.5 Å². The largest absolute Gasteiger partial charge is 0.455 e. The zero-order valence-corrected chi connectivity index (χ0v) is 15.1. The molecule has 0 saturated carbocycles. The number of nitrogens with one attached hydrogen (secondary N) is 2. The number of hydrogen-bond acceptors (Lipinski definition) is 5. The van der Waals surface area contributed by atoms with Gasteiger partial charge < -0.3 is 10.1 Å². The highest BCUT2D eigenvalue weighted by molar-refractivity contribution is 5.89. The molecule has 142 valence electrons. The van der Waals surface area contributed by atoms with Gasteiger partial charge in [-0.3, -0.25) is 14.8 Å². The number of ether oxygens (including phenoxy) is 1. The minimum atomic E-state index is -0.440. The summed E-state index contributed by atoms with van der Waals surface area (Å²) in [6.07, 6.45) is 3.94. The number of unbranched alkanes of at least 4 members (excludes halogenated alkanes) is 3. The number of hydroxylamine groups is 1. The lowest BCUT2D eigenvalue weighted by Crippen LogP contribution is -2.20. The van der Waals surface area contributed by atoms with E-state index in [-0.39, 0.29) is 11.7 Å². The van der Waals surface area contributed by atoms with Gasteiger partial charge in [-0.25, -0.2) is 5.48 Å². The molecule has 1 aliphatic heterocycles. The van der Waals surface area contributed by atoms with E-state index in [4.69, 9.17) is 9.94 Å². The summed E-state index contributed by atoms with van der Waals surface area (Å²) in [4.78, 5) is 23.9. The van der Waals surface area contributed by atoms with Gasteiger partial charge >= 0.3 is 0 Å². The molecule has 0 aliphatic carbocycles. The van der Waals surface area contributed by atoms with Crippen molar-refractivity contribution in [2.75, 3.05) is 5.32 Å². The Morgan fingerprint density at radius 3 is 2.37 bits per heavy atom. The molecular formula is C21H24N2O4.